The predicted molar refractivity (Wildman–Crippen MR) is 91.0 cm³/mol. The lowest BCUT2D eigenvalue weighted by Gasteiger charge is -2.29. The largest absolute Gasteiger partial charge is 0.376 e. The summed E-state index contributed by atoms with van der Waals surface area (Å²) in [6.45, 7) is 0.686. The third-order valence-corrected chi connectivity index (χ3v) is 5.54. The van der Waals surface area contributed by atoms with Crippen LogP contribution in [-0.4, -0.2) is 33.6 Å². The number of nitrogens with zero attached hydrogens (tertiary/aromatic N) is 4. The molecule has 25 heavy (non-hydrogen) atoms. The van der Waals surface area contributed by atoms with Crippen molar-refractivity contribution in [3.8, 4) is 6.07 Å². The van der Waals surface area contributed by atoms with Crippen LogP contribution in [0.25, 0.3) is 0 Å². The zero-order chi connectivity index (χ0) is 17.3. The molecule has 0 radical (unpaired) electrons. The summed E-state index contributed by atoms with van der Waals surface area (Å²) in [4.78, 5) is 12.5. The number of nitrogens with one attached hydrogen (secondary N) is 1. The summed E-state index contributed by atoms with van der Waals surface area (Å²) >= 11 is 1.48. The van der Waals surface area contributed by atoms with Gasteiger partial charge in [0.1, 0.15) is 11.7 Å². The van der Waals surface area contributed by atoms with E-state index in [0.717, 1.165) is 32.1 Å². The first-order valence-corrected chi connectivity index (χ1v) is 9.45. The van der Waals surface area contributed by atoms with E-state index in [1.165, 1.54) is 11.3 Å². The van der Waals surface area contributed by atoms with E-state index in [-0.39, 0.29) is 18.1 Å². The molecule has 1 amide bonds. The van der Waals surface area contributed by atoms with Gasteiger partial charge in [-0.05, 0) is 43.6 Å². The van der Waals surface area contributed by atoms with E-state index in [9.17, 15) is 10.1 Å². The van der Waals surface area contributed by atoms with Crippen LogP contribution in [0.1, 0.15) is 54.2 Å². The van der Waals surface area contributed by atoms with Crippen LogP contribution in [0.4, 0.5) is 0 Å². The highest BCUT2D eigenvalue weighted by Crippen LogP contribution is 2.42. The predicted octanol–water partition coefficient (Wildman–Crippen LogP) is 2.39. The first kappa shape index (κ1) is 16.2. The van der Waals surface area contributed by atoms with Gasteiger partial charge >= 0.3 is 0 Å². The Bertz CT molecular complexity index is 784. The van der Waals surface area contributed by atoms with Crippen molar-refractivity contribution in [3.63, 3.8) is 0 Å². The van der Waals surface area contributed by atoms with Gasteiger partial charge in [0.25, 0.3) is 5.91 Å². The molecule has 1 aliphatic heterocycles. The van der Waals surface area contributed by atoms with Gasteiger partial charge in [-0.1, -0.05) is 5.21 Å². The van der Waals surface area contributed by atoms with Gasteiger partial charge in [0.15, 0.2) is 5.54 Å². The Balaban J connectivity index is 1.59. The molecule has 1 saturated carbocycles. The minimum atomic E-state index is -0.555. The first-order chi connectivity index (χ1) is 12.2. The van der Waals surface area contributed by atoms with Crippen LogP contribution in [0.3, 0.4) is 0 Å². The van der Waals surface area contributed by atoms with Crippen LogP contribution in [0.15, 0.2) is 23.0 Å². The molecule has 1 N–H and O–H groups in total. The number of amides is 1. The van der Waals surface area contributed by atoms with Gasteiger partial charge in [-0.3, -0.25) is 4.79 Å². The molecular formula is C17H19N5O2S. The fourth-order valence-electron chi connectivity index (χ4n) is 3.14. The molecule has 130 valence electrons. The van der Waals surface area contributed by atoms with Crippen molar-refractivity contribution >= 4 is 17.2 Å². The fourth-order valence-corrected chi connectivity index (χ4v) is 3.78. The van der Waals surface area contributed by atoms with Crippen molar-refractivity contribution in [2.75, 3.05) is 6.61 Å². The van der Waals surface area contributed by atoms with Crippen LogP contribution in [0.2, 0.25) is 0 Å². The molecule has 2 aromatic heterocycles. The van der Waals surface area contributed by atoms with Gasteiger partial charge in [-0.25, -0.2) is 4.68 Å². The standard InChI is InChI=1S/C17H19N5O2S/c18-11-17(5-6-17)22-9-13(20-21-22)15(14-3-1-2-7-24-14)19-16(23)12-4-8-25-10-12/h4,8-10,14-15H,1-3,5-7H2,(H,19,23)/t14-,15-/m1/s1. The lowest BCUT2D eigenvalue weighted by atomic mass is 9.99. The molecular weight excluding hydrogens is 338 g/mol. The normalized spacial score (nSPS) is 22.8. The Hall–Kier alpha value is -2.24. The number of ether oxygens (including phenoxy) is 1. The lowest BCUT2D eigenvalue weighted by Crippen LogP contribution is -2.39. The molecule has 0 aromatic carbocycles. The topological polar surface area (TPSA) is 92.8 Å². The molecule has 2 atom stereocenters. The summed E-state index contributed by atoms with van der Waals surface area (Å²) in [5, 5.41) is 24.5. The lowest BCUT2D eigenvalue weighted by molar-refractivity contribution is -0.00830. The van der Waals surface area contributed by atoms with E-state index in [0.29, 0.717) is 17.9 Å². The Kier molecular flexibility index (Phi) is 4.27. The van der Waals surface area contributed by atoms with Gasteiger partial charge in [0.05, 0.1) is 23.9 Å². The summed E-state index contributed by atoms with van der Waals surface area (Å²) < 4.78 is 7.53. The van der Waals surface area contributed by atoms with Gasteiger partial charge in [0.2, 0.25) is 0 Å². The third kappa shape index (κ3) is 3.17. The number of hydrogen-bond donors (Lipinski definition) is 1. The van der Waals surface area contributed by atoms with E-state index in [2.05, 4.69) is 21.7 Å². The highest BCUT2D eigenvalue weighted by molar-refractivity contribution is 7.08. The molecule has 4 rings (SSSR count). The molecule has 7 nitrogen and oxygen atoms in total. The van der Waals surface area contributed by atoms with Crippen molar-refractivity contribution < 1.29 is 9.53 Å². The molecule has 0 bridgehead atoms. The van der Waals surface area contributed by atoms with Crippen molar-refractivity contribution in [3.05, 3.63) is 34.3 Å². The maximum atomic E-state index is 12.5. The molecule has 8 heteroatoms. The molecule has 3 heterocycles. The molecule has 2 fully saturated rings. The van der Waals surface area contributed by atoms with Gasteiger partial charge in [0, 0.05) is 12.0 Å². The quantitative estimate of drug-likeness (QED) is 0.887. The number of carbonyl (C=O) groups excluding carboxylic acids is 1. The van der Waals surface area contributed by atoms with Crippen LogP contribution >= 0.6 is 11.3 Å². The maximum Gasteiger partial charge on any atom is 0.252 e. The van der Waals surface area contributed by atoms with Crippen molar-refractivity contribution in [2.45, 2.75) is 49.8 Å². The highest BCUT2D eigenvalue weighted by atomic mass is 32.1. The number of carbonyl (C=O) groups is 1. The summed E-state index contributed by atoms with van der Waals surface area (Å²) in [6.07, 6.45) is 6.20. The average Bonchev–Trinajstić information content (AvgIpc) is 3.05. The SMILES string of the molecule is N#CC1(n2cc([C@@H](NC(=O)c3ccsc3)[C@H]3CCCCO3)nn2)CC1. The Morgan fingerprint density at radius 3 is 3.04 bits per heavy atom. The molecule has 2 aliphatic rings. The van der Waals surface area contributed by atoms with Gasteiger partial charge in [-0.2, -0.15) is 16.6 Å². The molecule has 1 aliphatic carbocycles. The zero-order valence-corrected chi connectivity index (χ0v) is 14.5. The Morgan fingerprint density at radius 2 is 2.40 bits per heavy atom. The van der Waals surface area contributed by atoms with Crippen LogP contribution < -0.4 is 5.32 Å². The highest BCUT2D eigenvalue weighted by Gasteiger charge is 2.47. The van der Waals surface area contributed by atoms with Crippen LogP contribution in [-0.2, 0) is 10.3 Å². The summed E-state index contributed by atoms with van der Waals surface area (Å²) in [7, 11) is 0. The maximum absolute atomic E-state index is 12.5. The fraction of sp³-hybridized carbons (Fsp3) is 0.529. The Labute approximate surface area is 149 Å². The van der Waals surface area contributed by atoms with E-state index in [1.807, 2.05) is 10.8 Å². The van der Waals surface area contributed by atoms with Crippen LogP contribution in [0, 0.1) is 11.3 Å². The number of nitriles is 1. The van der Waals surface area contributed by atoms with Gasteiger partial charge < -0.3 is 10.1 Å². The number of thiophene rings is 1. The summed E-state index contributed by atoms with van der Waals surface area (Å²) in [6, 6.07) is 3.74. The summed E-state index contributed by atoms with van der Waals surface area (Å²) in [5.41, 5.74) is 0.728. The van der Waals surface area contributed by atoms with E-state index < -0.39 is 5.54 Å². The van der Waals surface area contributed by atoms with Crippen LogP contribution in [0.5, 0.6) is 0 Å². The van der Waals surface area contributed by atoms with E-state index >= 15 is 0 Å². The minimum Gasteiger partial charge on any atom is -0.376 e. The number of rotatable bonds is 5. The monoisotopic (exact) mass is 357 g/mol. The number of aromatic nitrogens is 3. The van der Waals surface area contributed by atoms with E-state index in [1.54, 1.807) is 16.9 Å². The van der Waals surface area contributed by atoms with E-state index in [4.69, 9.17) is 4.74 Å². The third-order valence-electron chi connectivity index (χ3n) is 4.86. The smallest absolute Gasteiger partial charge is 0.252 e. The van der Waals surface area contributed by atoms with Gasteiger partial charge in [-0.15, -0.1) is 5.10 Å². The second-order valence-corrected chi connectivity index (χ2v) is 7.38. The van der Waals surface area contributed by atoms with Crippen molar-refractivity contribution in [2.24, 2.45) is 0 Å². The molecule has 0 unspecified atom stereocenters. The molecule has 2 aromatic rings. The second kappa shape index (κ2) is 6.58. The minimum absolute atomic E-state index is 0.126. The zero-order valence-electron chi connectivity index (χ0n) is 13.7. The number of hydrogen-bond acceptors (Lipinski definition) is 6. The Morgan fingerprint density at radius 1 is 1.52 bits per heavy atom. The summed E-state index contributed by atoms with van der Waals surface area (Å²) in [5.74, 6) is -0.142. The first-order valence-electron chi connectivity index (χ1n) is 8.50. The second-order valence-electron chi connectivity index (χ2n) is 6.60. The average molecular weight is 357 g/mol. The van der Waals surface area contributed by atoms with Crippen molar-refractivity contribution in [1.29, 1.82) is 5.26 Å². The van der Waals surface area contributed by atoms with Crippen molar-refractivity contribution in [1.82, 2.24) is 20.3 Å². The molecule has 1 saturated heterocycles. The molecule has 0 spiro atoms.